The van der Waals surface area contributed by atoms with Gasteiger partial charge in [-0.3, -0.25) is 4.79 Å². The van der Waals surface area contributed by atoms with E-state index in [4.69, 9.17) is 32.0 Å². The SMILES string of the molecule is O=C(Nc1ccc2cc(Cl)ccc2n1)C1CCC(c2nnc(-c3cc4cc(Cl)ccc4o3)o2)CC1. The summed E-state index contributed by atoms with van der Waals surface area (Å²) in [4.78, 5) is 17.4. The molecule has 1 aliphatic rings. The van der Waals surface area contributed by atoms with Crippen LogP contribution in [0.15, 0.2) is 63.4 Å². The van der Waals surface area contributed by atoms with Gasteiger partial charge >= 0.3 is 0 Å². The Balaban J connectivity index is 1.09. The molecule has 0 unspecified atom stereocenters. The number of carbonyl (C=O) groups excluding carboxylic acids is 1. The third-order valence-electron chi connectivity index (χ3n) is 6.48. The van der Waals surface area contributed by atoms with Crippen LogP contribution in [-0.4, -0.2) is 21.1 Å². The number of halogens is 2. The first-order valence-electron chi connectivity index (χ1n) is 11.4. The van der Waals surface area contributed by atoms with Crippen LogP contribution in [0.5, 0.6) is 0 Å². The number of carbonyl (C=O) groups is 1. The second-order valence-electron chi connectivity index (χ2n) is 8.81. The monoisotopic (exact) mass is 506 g/mol. The number of fused-ring (bicyclic) bond motifs is 2. The Morgan fingerprint density at radius 3 is 2.46 bits per heavy atom. The molecule has 0 aliphatic heterocycles. The summed E-state index contributed by atoms with van der Waals surface area (Å²) in [5, 5.41) is 14.5. The molecule has 5 aromatic rings. The number of furan rings is 1. The van der Waals surface area contributed by atoms with E-state index < -0.39 is 0 Å². The van der Waals surface area contributed by atoms with Crippen molar-refractivity contribution in [2.75, 3.05) is 5.32 Å². The summed E-state index contributed by atoms with van der Waals surface area (Å²) in [6.07, 6.45) is 3.05. The molecule has 7 nitrogen and oxygen atoms in total. The van der Waals surface area contributed by atoms with E-state index in [-0.39, 0.29) is 17.7 Å². The maximum Gasteiger partial charge on any atom is 0.283 e. The highest BCUT2D eigenvalue weighted by Crippen LogP contribution is 2.37. The minimum absolute atomic E-state index is 0.0172. The molecule has 6 rings (SSSR count). The van der Waals surface area contributed by atoms with Crippen molar-refractivity contribution in [2.24, 2.45) is 5.92 Å². The minimum atomic E-state index is -0.0866. The van der Waals surface area contributed by atoms with Crippen molar-refractivity contribution in [3.63, 3.8) is 0 Å². The Morgan fingerprint density at radius 2 is 1.63 bits per heavy atom. The van der Waals surface area contributed by atoms with Crippen LogP contribution in [0.25, 0.3) is 33.5 Å². The summed E-state index contributed by atoms with van der Waals surface area (Å²) in [5.74, 6) is 1.98. The lowest BCUT2D eigenvalue weighted by atomic mass is 9.81. The molecule has 9 heteroatoms. The van der Waals surface area contributed by atoms with Crippen molar-refractivity contribution in [1.29, 1.82) is 0 Å². The van der Waals surface area contributed by atoms with Crippen LogP contribution in [0.3, 0.4) is 0 Å². The topological polar surface area (TPSA) is 94.1 Å². The predicted octanol–water partition coefficient (Wildman–Crippen LogP) is 7.25. The molecule has 1 saturated carbocycles. The van der Waals surface area contributed by atoms with Gasteiger partial charge in [-0.1, -0.05) is 23.2 Å². The highest BCUT2D eigenvalue weighted by molar-refractivity contribution is 6.31. The van der Waals surface area contributed by atoms with E-state index in [1.807, 2.05) is 36.4 Å². The van der Waals surface area contributed by atoms with E-state index in [1.165, 1.54) is 0 Å². The number of rotatable bonds is 4. The Kier molecular flexibility index (Phi) is 5.66. The van der Waals surface area contributed by atoms with Gasteiger partial charge in [0.25, 0.3) is 5.89 Å². The maximum absolute atomic E-state index is 12.9. The van der Waals surface area contributed by atoms with E-state index >= 15 is 0 Å². The van der Waals surface area contributed by atoms with Gasteiger partial charge in [0.15, 0.2) is 5.76 Å². The highest BCUT2D eigenvalue weighted by Gasteiger charge is 2.30. The van der Waals surface area contributed by atoms with Crippen molar-refractivity contribution >= 4 is 56.8 Å². The van der Waals surface area contributed by atoms with Crippen LogP contribution in [0.4, 0.5) is 5.82 Å². The van der Waals surface area contributed by atoms with Crippen LogP contribution < -0.4 is 5.32 Å². The summed E-state index contributed by atoms with van der Waals surface area (Å²) >= 11 is 12.1. The smallest absolute Gasteiger partial charge is 0.283 e. The molecular formula is C26H20Cl2N4O3. The molecule has 1 amide bonds. The van der Waals surface area contributed by atoms with Gasteiger partial charge in [-0.2, -0.15) is 0 Å². The molecule has 35 heavy (non-hydrogen) atoms. The largest absolute Gasteiger partial charge is 0.451 e. The summed E-state index contributed by atoms with van der Waals surface area (Å²) in [7, 11) is 0. The number of benzene rings is 2. The molecule has 3 aromatic heterocycles. The van der Waals surface area contributed by atoms with Crippen molar-refractivity contribution in [1.82, 2.24) is 15.2 Å². The number of aromatic nitrogens is 3. The molecule has 0 bridgehead atoms. The predicted molar refractivity (Wildman–Crippen MR) is 135 cm³/mol. The van der Waals surface area contributed by atoms with E-state index in [2.05, 4.69) is 20.5 Å². The number of pyridine rings is 1. The third kappa shape index (κ3) is 4.49. The number of anilines is 1. The lowest BCUT2D eigenvalue weighted by molar-refractivity contribution is -0.120. The van der Waals surface area contributed by atoms with Crippen molar-refractivity contribution in [2.45, 2.75) is 31.6 Å². The summed E-state index contributed by atoms with van der Waals surface area (Å²) in [5.41, 5.74) is 1.50. The van der Waals surface area contributed by atoms with E-state index in [0.29, 0.717) is 39.0 Å². The Hall–Kier alpha value is -3.42. The fraction of sp³-hybridized carbons (Fsp3) is 0.231. The zero-order valence-corrected chi connectivity index (χ0v) is 20.0. The van der Waals surface area contributed by atoms with Gasteiger partial charge in [0.2, 0.25) is 11.8 Å². The van der Waals surface area contributed by atoms with Gasteiger partial charge in [-0.15, -0.1) is 10.2 Å². The van der Waals surface area contributed by atoms with E-state index in [9.17, 15) is 4.79 Å². The van der Waals surface area contributed by atoms with Crippen molar-refractivity contribution in [3.05, 3.63) is 70.5 Å². The molecule has 3 heterocycles. The van der Waals surface area contributed by atoms with Gasteiger partial charge in [-0.25, -0.2) is 4.98 Å². The molecule has 1 N–H and O–H groups in total. The quantitative estimate of drug-likeness (QED) is 0.275. The van der Waals surface area contributed by atoms with Crippen LogP contribution in [0.1, 0.15) is 37.5 Å². The molecule has 2 aromatic carbocycles. The Labute approximate surface area is 210 Å². The van der Waals surface area contributed by atoms with Crippen molar-refractivity contribution in [3.8, 4) is 11.7 Å². The molecular weight excluding hydrogens is 487 g/mol. The summed E-state index contributed by atoms with van der Waals surface area (Å²) < 4.78 is 11.8. The number of nitrogens with one attached hydrogen (secondary N) is 1. The molecule has 1 fully saturated rings. The maximum atomic E-state index is 12.9. The Bertz CT molecular complexity index is 1550. The molecule has 0 saturated heterocycles. The minimum Gasteiger partial charge on any atom is -0.451 e. The van der Waals surface area contributed by atoms with Crippen LogP contribution in [-0.2, 0) is 4.79 Å². The molecule has 176 valence electrons. The number of nitrogens with zero attached hydrogens (tertiary/aromatic N) is 3. The molecule has 1 aliphatic carbocycles. The lowest BCUT2D eigenvalue weighted by Gasteiger charge is -2.25. The average molecular weight is 507 g/mol. The summed E-state index contributed by atoms with van der Waals surface area (Å²) in [6.45, 7) is 0. The second kappa shape index (κ2) is 8.98. The van der Waals surface area contributed by atoms with Gasteiger partial charge in [0, 0.05) is 32.7 Å². The van der Waals surface area contributed by atoms with Crippen LogP contribution >= 0.6 is 23.2 Å². The standard InChI is InChI=1S/C26H20Cl2N4O3/c27-18-6-8-20-16(11-18)5-10-23(29-20)30-24(33)14-1-3-15(4-2-14)25-31-32-26(35-25)22-13-17-12-19(28)7-9-21(17)34-22/h5-15H,1-4H2,(H,29,30,33). The first kappa shape index (κ1) is 22.1. The second-order valence-corrected chi connectivity index (χ2v) is 9.68. The number of hydrogen-bond donors (Lipinski definition) is 1. The fourth-order valence-corrected chi connectivity index (χ4v) is 4.98. The van der Waals surface area contributed by atoms with E-state index in [1.54, 1.807) is 18.2 Å². The zero-order valence-electron chi connectivity index (χ0n) is 18.5. The summed E-state index contributed by atoms with van der Waals surface area (Å²) in [6, 6.07) is 16.5. The number of amides is 1. The normalized spacial score (nSPS) is 18.2. The highest BCUT2D eigenvalue weighted by atomic mass is 35.5. The van der Waals surface area contributed by atoms with Gasteiger partial charge in [-0.05, 0) is 80.3 Å². The van der Waals surface area contributed by atoms with Gasteiger partial charge in [0.05, 0.1) is 5.52 Å². The molecule has 0 atom stereocenters. The van der Waals surface area contributed by atoms with Gasteiger partial charge < -0.3 is 14.2 Å². The third-order valence-corrected chi connectivity index (χ3v) is 6.95. The lowest BCUT2D eigenvalue weighted by Crippen LogP contribution is -2.27. The number of hydrogen-bond acceptors (Lipinski definition) is 6. The van der Waals surface area contributed by atoms with Crippen LogP contribution in [0.2, 0.25) is 10.0 Å². The molecule has 0 radical (unpaired) electrons. The van der Waals surface area contributed by atoms with Crippen molar-refractivity contribution < 1.29 is 13.6 Å². The first-order valence-corrected chi connectivity index (χ1v) is 12.2. The average Bonchev–Trinajstić information content (AvgIpc) is 3.51. The fourth-order valence-electron chi connectivity index (χ4n) is 4.62. The molecule has 0 spiro atoms. The Morgan fingerprint density at radius 1 is 0.857 bits per heavy atom. The van der Waals surface area contributed by atoms with E-state index in [0.717, 1.165) is 42.0 Å². The van der Waals surface area contributed by atoms with Gasteiger partial charge in [0.1, 0.15) is 11.4 Å². The van der Waals surface area contributed by atoms with Crippen LogP contribution in [0, 0.1) is 5.92 Å². The zero-order chi connectivity index (χ0) is 23.9. The first-order chi connectivity index (χ1) is 17.0.